The van der Waals surface area contributed by atoms with E-state index >= 15 is 0 Å². The van der Waals surface area contributed by atoms with Crippen LogP contribution >= 0.6 is 0 Å². The molecule has 0 N–H and O–H groups in total. The van der Waals surface area contributed by atoms with Crippen LogP contribution in [0.2, 0.25) is 0 Å². The second kappa shape index (κ2) is 15.6. The molecule has 0 aromatic heterocycles. The van der Waals surface area contributed by atoms with Gasteiger partial charge in [0.1, 0.15) is 0 Å². The van der Waals surface area contributed by atoms with Gasteiger partial charge in [0.25, 0.3) is 0 Å². The van der Waals surface area contributed by atoms with Gasteiger partial charge in [0.2, 0.25) is 0 Å². The van der Waals surface area contributed by atoms with E-state index in [0.717, 1.165) is 0 Å². The molecule has 0 aliphatic heterocycles. The van der Waals surface area contributed by atoms with Gasteiger partial charge in [-0.15, -0.1) is 0 Å². The Labute approximate surface area is 138 Å². The van der Waals surface area contributed by atoms with Gasteiger partial charge in [0.15, 0.2) is 0 Å². The Morgan fingerprint density at radius 3 is 1.00 bits per heavy atom. The third kappa shape index (κ3) is 9.73. The maximum absolute atomic E-state index is 0. The smallest absolute Gasteiger partial charge is 0 e. The minimum absolute atomic E-state index is 0. The molecule has 0 aliphatic carbocycles. The molecular formula is BaCaSiSr. The minimum atomic E-state index is 0. The Bertz CT molecular complexity index is 8.00. The second-order valence-electron chi connectivity index (χ2n) is 0. The Kier molecular flexibility index (Phi) is 92.2. The van der Waals surface area contributed by atoms with Gasteiger partial charge in [-0.3, -0.25) is 0 Å². The van der Waals surface area contributed by atoms with Gasteiger partial charge in [-0.05, 0) is 0 Å². The first-order chi connectivity index (χ1) is 0. The molecule has 0 spiro atoms. The van der Waals surface area contributed by atoms with E-state index in [1.165, 1.54) is 0 Å². The SMILES string of the molecule is [Ba].[Ca].[Si].[Sr]. The Hall–Kier alpha value is 4.53. The average molecular weight is 293 g/mol. The molecule has 0 aliphatic rings. The van der Waals surface area contributed by atoms with Crippen molar-refractivity contribution >= 4 is 143 Å². The fraction of sp³-hybridized carbons (Fsp3) is 0. The van der Waals surface area contributed by atoms with E-state index in [1.807, 2.05) is 0 Å². The summed E-state index contributed by atoms with van der Waals surface area (Å²) in [5.41, 5.74) is 0. The summed E-state index contributed by atoms with van der Waals surface area (Å²) in [5, 5.41) is 0. The summed E-state index contributed by atoms with van der Waals surface area (Å²) >= 11 is 0. The molecule has 0 heterocycles. The molecule has 0 atom stereocenters. The van der Waals surface area contributed by atoms with Gasteiger partial charge < -0.3 is 0 Å². The van der Waals surface area contributed by atoms with Gasteiger partial charge in [-0.25, -0.2) is 0 Å². The van der Waals surface area contributed by atoms with Crippen molar-refractivity contribution in [2.24, 2.45) is 0 Å². The van der Waals surface area contributed by atoms with Crippen LogP contribution in [0.3, 0.4) is 0 Å². The second-order valence-corrected chi connectivity index (χ2v) is 0. The topological polar surface area (TPSA) is 0 Å². The minimum Gasteiger partial charge on any atom is 0 e. The summed E-state index contributed by atoms with van der Waals surface area (Å²) in [6.07, 6.45) is 0. The fourth-order valence-corrected chi connectivity index (χ4v) is 0. The third-order valence-electron chi connectivity index (χ3n) is 0. The van der Waals surface area contributed by atoms with Crippen LogP contribution in [-0.4, -0.2) is 143 Å². The molecule has 0 aromatic carbocycles. The predicted molar refractivity (Wildman–Crippen MR) is 23.0 cm³/mol. The molecule has 4 heavy (non-hydrogen) atoms. The summed E-state index contributed by atoms with van der Waals surface area (Å²) < 4.78 is 0. The predicted octanol–water partition coefficient (Wildman–Crippen LogP) is -1.52. The molecule has 0 unspecified atom stereocenters. The molecule has 0 nitrogen and oxygen atoms in total. The van der Waals surface area contributed by atoms with E-state index < -0.39 is 0 Å². The molecule has 0 amide bonds. The van der Waals surface area contributed by atoms with Crippen molar-refractivity contribution in [3.05, 3.63) is 0 Å². The van der Waals surface area contributed by atoms with Crippen LogP contribution in [-0.2, 0) is 0 Å². The van der Waals surface area contributed by atoms with E-state index in [0.29, 0.717) is 0 Å². The van der Waals surface area contributed by atoms with E-state index in [-0.39, 0.29) is 143 Å². The summed E-state index contributed by atoms with van der Waals surface area (Å²) in [6, 6.07) is 0. The molecule has 0 aromatic rings. The first-order valence-electron chi connectivity index (χ1n) is 0. The van der Waals surface area contributed by atoms with Crippen LogP contribution in [0.25, 0.3) is 0 Å². The van der Waals surface area contributed by atoms with Crippen LogP contribution in [0.5, 0.6) is 0 Å². The Balaban J connectivity index is 0. The van der Waals surface area contributed by atoms with Crippen LogP contribution in [0.4, 0.5) is 0 Å². The first-order valence-corrected chi connectivity index (χ1v) is 0. The van der Waals surface area contributed by atoms with Crippen LogP contribution in [0.1, 0.15) is 0 Å². The van der Waals surface area contributed by atoms with E-state index in [4.69, 9.17) is 0 Å². The standard InChI is InChI=1S/Ba.Ca.Si.Sr. The summed E-state index contributed by atoms with van der Waals surface area (Å²) in [5.74, 6) is 0. The fourth-order valence-electron chi connectivity index (χ4n) is 0. The van der Waals surface area contributed by atoms with E-state index in [2.05, 4.69) is 0 Å². The quantitative estimate of drug-likeness (QED) is 0.476. The Morgan fingerprint density at radius 1 is 1.00 bits per heavy atom. The van der Waals surface area contributed by atoms with Gasteiger partial charge in [0, 0.05) is 143 Å². The number of hydrogen-bond donors (Lipinski definition) is 0. The summed E-state index contributed by atoms with van der Waals surface area (Å²) in [7, 11) is 0. The largest absolute Gasteiger partial charge is 0 e. The van der Waals surface area contributed by atoms with Crippen molar-refractivity contribution in [1.82, 2.24) is 0 Å². The molecule has 4 heteroatoms. The van der Waals surface area contributed by atoms with Crippen molar-refractivity contribution in [3.63, 3.8) is 0 Å². The summed E-state index contributed by atoms with van der Waals surface area (Å²) in [6.45, 7) is 0. The summed E-state index contributed by atoms with van der Waals surface area (Å²) in [4.78, 5) is 0. The zero-order valence-corrected chi connectivity index (χ0v) is 13.7. The molecule has 0 fully saturated rings. The van der Waals surface area contributed by atoms with Gasteiger partial charge in [-0.1, -0.05) is 0 Å². The molecule has 0 rings (SSSR count). The van der Waals surface area contributed by atoms with Crippen molar-refractivity contribution in [2.75, 3.05) is 0 Å². The van der Waals surface area contributed by atoms with Crippen molar-refractivity contribution in [2.45, 2.75) is 0 Å². The number of hydrogen-bond acceptors (Lipinski definition) is 0. The van der Waals surface area contributed by atoms with Crippen LogP contribution < -0.4 is 0 Å². The first kappa shape index (κ1) is 23.6. The normalized spacial score (nSPS) is 0. The monoisotopic (exact) mass is 294 g/mol. The third-order valence-corrected chi connectivity index (χ3v) is 0. The van der Waals surface area contributed by atoms with Crippen LogP contribution in [0.15, 0.2) is 0 Å². The van der Waals surface area contributed by atoms with E-state index in [1.54, 1.807) is 0 Å². The number of rotatable bonds is 0. The molecule has 0 saturated heterocycles. The van der Waals surface area contributed by atoms with E-state index in [9.17, 15) is 0 Å². The zero-order chi connectivity index (χ0) is 0. The average Bonchev–Trinajstić information content (AvgIpc) is 0. The molecule has 10 radical (unpaired) electrons. The zero-order valence-electron chi connectivity index (χ0n) is 2.62. The molecular weight excluding hydrogens is 293 g/mol. The van der Waals surface area contributed by atoms with Crippen molar-refractivity contribution in [1.29, 1.82) is 0 Å². The van der Waals surface area contributed by atoms with Gasteiger partial charge in [0.05, 0.1) is 0 Å². The van der Waals surface area contributed by atoms with Crippen LogP contribution in [0, 0.1) is 0 Å². The molecule has 0 saturated carbocycles. The molecule has 10 valence electrons. The Morgan fingerprint density at radius 2 is 1.00 bits per heavy atom. The molecule has 0 bridgehead atoms. The van der Waals surface area contributed by atoms with Gasteiger partial charge in [-0.2, -0.15) is 0 Å². The maximum Gasteiger partial charge on any atom is 0 e. The van der Waals surface area contributed by atoms with Crippen molar-refractivity contribution < 1.29 is 0 Å². The van der Waals surface area contributed by atoms with Crippen molar-refractivity contribution in [3.8, 4) is 0 Å². The maximum atomic E-state index is 0. The van der Waals surface area contributed by atoms with Gasteiger partial charge >= 0.3 is 0 Å².